The van der Waals surface area contributed by atoms with Gasteiger partial charge in [-0.3, -0.25) is 0 Å². The van der Waals surface area contributed by atoms with Gasteiger partial charge in [0.15, 0.2) is 0 Å². The number of fused-ring (bicyclic) bond motifs is 2. The van der Waals surface area contributed by atoms with Gasteiger partial charge in [0.2, 0.25) is 5.79 Å². The summed E-state index contributed by atoms with van der Waals surface area (Å²) in [7, 11) is 1.70. The lowest BCUT2D eigenvalue weighted by Gasteiger charge is -2.54. The highest BCUT2D eigenvalue weighted by atomic mass is 16.8. The predicted molar refractivity (Wildman–Crippen MR) is 70.8 cm³/mol. The van der Waals surface area contributed by atoms with Gasteiger partial charge in [0, 0.05) is 17.9 Å². The van der Waals surface area contributed by atoms with Gasteiger partial charge in [-0.25, -0.2) is 0 Å². The molecule has 110 valence electrons. The summed E-state index contributed by atoms with van der Waals surface area (Å²) in [5.74, 6) is -0.710. The topological polar surface area (TPSA) is 50.8 Å². The molecule has 0 aromatic carbocycles. The van der Waals surface area contributed by atoms with Crippen molar-refractivity contribution in [2.24, 2.45) is 10.8 Å². The molecule has 2 spiro atoms. The van der Waals surface area contributed by atoms with Gasteiger partial charge in [-0.05, 0) is 26.7 Å². The van der Waals surface area contributed by atoms with Crippen LogP contribution < -0.4 is 5.11 Å². The summed E-state index contributed by atoms with van der Waals surface area (Å²) < 4.78 is 18.1. The third kappa shape index (κ3) is 1.19. The highest BCUT2D eigenvalue weighted by Gasteiger charge is 2.74. The first-order valence-corrected chi connectivity index (χ1v) is 7.39. The van der Waals surface area contributed by atoms with Crippen LogP contribution in [0.2, 0.25) is 0 Å². The largest absolute Gasteiger partial charge is 0.846 e. The average Bonchev–Trinajstić information content (AvgIpc) is 3.00. The first-order chi connectivity index (χ1) is 9.52. The van der Waals surface area contributed by atoms with Gasteiger partial charge in [-0.1, -0.05) is 29.4 Å². The molecule has 0 aromatic rings. The van der Waals surface area contributed by atoms with Crippen LogP contribution >= 0.6 is 0 Å². The van der Waals surface area contributed by atoms with Crippen molar-refractivity contribution in [2.75, 3.05) is 20.3 Å². The lowest BCUT2D eigenvalue weighted by Crippen LogP contribution is -2.62. The molecule has 1 heterocycles. The number of rotatable bonds is 1. The van der Waals surface area contributed by atoms with Gasteiger partial charge in [0.05, 0.1) is 13.2 Å². The minimum Gasteiger partial charge on any atom is -0.846 e. The number of hydrogen-bond donors (Lipinski definition) is 0. The summed E-state index contributed by atoms with van der Waals surface area (Å²) >= 11 is 0. The maximum Gasteiger partial charge on any atom is 0.205 e. The highest BCUT2D eigenvalue weighted by molar-refractivity contribution is 5.49. The predicted octanol–water partition coefficient (Wildman–Crippen LogP) is 1.16. The second-order valence-electron chi connectivity index (χ2n) is 6.66. The number of methoxy groups -OCH3 is 1. The van der Waals surface area contributed by atoms with Crippen molar-refractivity contribution in [1.29, 1.82) is 0 Å². The van der Waals surface area contributed by atoms with Crippen LogP contribution in [-0.4, -0.2) is 38.3 Å². The summed E-state index contributed by atoms with van der Waals surface area (Å²) in [5, 5.41) is 12.4. The molecule has 0 N–H and O–H groups in total. The first kappa shape index (κ1) is 13.0. The van der Waals surface area contributed by atoms with Gasteiger partial charge >= 0.3 is 0 Å². The summed E-state index contributed by atoms with van der Waals surface area (Å²) in [4.78, 5) is 0. The maximum atomic E-state index is 12.4. The zero-order valence-corrected chi connectivity index (χ0v) is 12.3. The molecule has 4 aliphatic rings. The molecule has 1 aliphatic heterocycles. The second-order valence-corrected chi connectivity index (χ2v) is 6.66. The molecule has 0 amide bonds. The van der Waals surface area contributed by atoms with Gasteiger partial charge in [-0.15, -0.1) is 0 Å². The van der Waals surface area contributed by atoms with Crippen molar-refractivity contribution in [3.8, 4) is 0 Å². The van der Waals surface area contributed by atoms with E-state index in [1.54, 1.807) is 13.2 Å². The van der Waals surface area contributed by atoms with E-state index in [4.69, 9.17) is 14.2 Å². The normalized spacial score (nSPS) is 43.6. The average molecular weight is 277 g/mol. The Kier molecular flexibility index (Phi) is 2.44. The molecule has 0 bridgehead atoms. The molecule has 1 saturated carbocycles. The highest BCUT2D eigenvalue weighted by Crippen LogP contribution is 2.70. The monoisotopic (exact) mass is 277 g/mol. The van der Waals surface area contributed by atoms with Crippen LogP contribution in [-0.2, 0) is 14.2 Å². The van der Waals surface area contributed by atoms with Crippen LogP contribution in [0, 0.1) is 10.8 Å². The Morgan fingerprint density at radius 2 is 1.95 bits per heavy atom. The molecule has 4 nitrogen and oxygen atoms in total. The summed E-state index contributed by atoms with van der Waals surface area (Å²) in [5.41, 5.74) is 1.60. The van der Waals surface area contributed by atoms with Crippen LogP contribution in [0.15, 0.2) is 23.3 Å². The Morgan fingerprint density at radius 3 is 2.50 bits per heavy atom. The number of hydrogen-bond acceptors (Lipinski definition) is 4. The zero-order chi connectivity index (χ0) is 14.2. The van der Waals surface area contributed by atoms with Crippen LogP contribution in [0.25, 0.3) is 0 Å². The van der Waals surface area contributed by atoms with Gasteiger partial charge < -0.3 is 19.3 Å². The van der Waals surface area contributed by atoms with Crippen LogP contribution in [0.1, 0.15) is 26.7 Å². The fourth-order valence-corrected chi connectivity index (χ4v) is 4.90. The number of ether oxygens (including phenoxy) is 3. The minimum absolute atomic E-state index is 0.145. The fourth-order valence-electron chi connectivity index (χ4n) is 4.90. The van der Waals surface area contributed by atoms with E-state index in [0.29, 0.717) is 13.2 Å². The van der Waals surface area contributed by atoms with Crippen molar-refractivity contribution in [3.05, 3.63) is 23.3 Å². The van der Waals surface area contributed by atoms with Gasteiger partial charge in [-0.2, -0.15) is 0 Å². The Balaban J connectivity index is 1.97. The summed E-state index contributed by atoms with van der Waals surface area (Å²) in [6.07, 6.45) is 4.78. The van der Waals surface area contributed by atoms with Crippen LogP contribution in [0.4, 0.5) is 0 Å². The van der Waals surface area contributed by atoms with E-state index in [2.05, 4.69) is 13.8 Å². The molecule has 20 heavy (non-hydrogen) atoms. The van der Waals surface area contributed by atoms with Crippen molar-refractivity contribution < 1.29 is 19.3 Å². The van der Waals surface area contributed by atoms with E-state index >= 15 is 0 Å². The molecular formula is C16H21O4-. The van der Waals surface area contributed by atoms with E-state index in [1.807, 2.05) is 6.08 Å². The van der Waals surface area contributed by atoms with Crippen LogP contribution in [0.3, 0.4) is 0 Å². The van der Waals surface area contributed by atoms with Crippen molar-refractivity contribution in [1.82, 2.24) is 0 Å². The van der Waals surface area contributed by atoms with Crippen molar-refractivity contribution in [2.45, 2.75) is 44.7 Å². The standard InChI is InChI=1S/C16H21O4/c1-10-12-11(17)4-5-14(12,2)13(18-3)16(15(10)6-7-15)19-8-9-20-16/h4-5,11,13H,6-9H2,1-3H3/q-1/t11?,13-,14-/m1/s1. The van der Waals surface area contributed by atoms with Crippen LogP contribution in [0.5, 0.6) is 0 Å². The molecule has 3 atom stereocenters. The quantitative estimate of drug-likeness (QED) is 0.675. The van der Waals surface area contributed by atoms with Gasteiger partial charge in [0.1, 0.15) is 6.10 Å². The molecule has 4 heteroatoms. The van der Waals surface area contributed by atoms with E-state index in [0.717, 1.165) is 18.4 Å². The molecule has 0 radical (unpaired) electrons. The third-order valence-corrected chi connectivity index (χ3v) is 5.86. The lowest BCUT2D eigenvalue weighted by atomic mass is 9.62. The van der Waals surface area contributed by atoms with E-state index in [-0.39, 0.29) is 11.5 Å². The Hall–Kier alpha value is -0.680. The molecule has 2 fully saturated rings. The molecular weight excluding hydrogens is 256 g/mol. The van der Waals surface area contributed by atoms with Crippen molar-refractivity contribution >= 4 is 0 Å². The Labute approximate surface area is 119 Å². The van der Waals surface area contributed by atoms with E-state index < -0.39 is 17.3 Å². The van der Waals surface area contributed by atoms with Crippen molar-refractivity contribution in [3.63, 3.8) is 0 Å². The first-order valence-electron chi connectivity index (χ1n) is 7.39. The molecule has 1 unspecified atom stereocenters. The van der Waals surface area contributed by atoms with Gasteiger partial charge in [0.25, 0.3) is 0 Å². The zero-order valence-electron chi connectivity index (χ0n) is 12.3. The summed E-state index contributed by atoms with van der Waals surface area (Å²) in [6, 6.07) is 0. The molecule has 0 aromatic heterocycles. The molecule has 1 saturated heterocycles. The SMILES string of the molecule is CO[C@H]1C2(OCCO2)C2(CC2)C(C)=C2C([O-])C=C[C@]21C. The minimum atomic E-state index is -0.756. The molecule has 3 aliphatic carbocycles. The second kappa shape index (κ2) is 3.74. The third-order valence-electron chi connectivity index (χ3n) is 5.86. The summed E-state index contributed by atoms with van der Waals surface area (Å²) in [6.45, 7) is 5.38. The lowest BCUT2D eigenvalue weighted by molar-refractivity contribution is -0.393. The smallest absolute Gasteiger partial charge is 0.205 e. The van der Waals surface area contributed by atoms with E-state index in [9.17, 15) is 5.11 Å². The van der Waals surface area contributed by atoms with E-state index in [1.165, 1.54) is 5.57 Å². The molecule has 4 rings (SSSR count). The Bertz CT molecular complexity index is 511. The Morgan fingerprint density at radius 1 is 1.30 bits per heavy atom. The maximum absolute atomic E-state index is 12.4. The fraction of sp³-hybridized carbons (Fsp3) is 0.750.